The number of thioether (sulfide) groups is 1. The molecule has 0 aliphatic carbocycles. The second kappa shape index (κ2) is 8.73. The number of para-hydroxylation sites is 1. The molecule has 0 unspecified atom stereocenters. The van der Waals surface area contributed by atoms with E-state index in [1.54, 1.807) is 41.8 Å². The molecule has 2 aromatic carbocycles. The van der Waals surface area contributed by atoms with Gasteiger partial charge in [0.2, 0.25) is 0 Å². The molecule has 0 fully saturated rings. The first-order valence-corrected chi connectivity index (χ1v) is 11.1. The Bertz CT molecular complexity index is 1280. The van der Waals surface area contributed by atoms with Crippen molar-refractivity contribution in [2.75, 3.05) is 12.4 Å². The van der Waals surface area contributed by atoms with E-state index in [0.717, 1.165) is 10.6 Å². The van der Waals surface area contributed by atoms with Crippen molar-refractivity contribution in [1.29, 1.82) is 0 Å². The minimum atomic E-state index is -0.214. The molecular weight excluding hydrogens is 418 g/mol. The molecule has 30 heavy (non-hydrogen) atoms. The maximum atomic E-state index is 12.7. The maximum Gasteiger partial charge on any atom is 0.258 e. The van der Waals surface area contributed by atoms with Crippen LogP contribution in [-0.4, -0.2) is 22.4 Å². The highest BCUT2D eigenvalue weighted by atomic mass is 32.2. The molecule has 4 rings (SSSR count). The third-order valence-electron chi connectivity index (χ3n) is 4.47. The van der Waals surface area contributed by atoms with Crippen LogP contribution in [0.2, 0.25) is 0 Å². The number of amides is 1. The number of ether oxygens (including phenoxy) is 1. The first-order valence-electron chi connectivity index (χ1n) is 9.19. The predicted octanol–water partition coefficient (Wildman–Crippen LogP) is 4.62. The number of hydrogen-bond acceptors (Lipinski definition) is 6. The number of carbonyl (C=O) groups excluding carboxylic acids is 1. The summed E-state index contributed by atoms with van der Waals surface area (Å²) in [5.74, 6) is 0.935. The van der Waals surface area contributed by atoms with Crippen LogP contribution in [0.4, 0.5) is 5.69 Å². The van der Waals surface area contributed by atoms with Gasteiger partial charge in [-0.05, 0) is 37.3 Å². The minimum Gasteiger partial charge on any atom is -0.497 e. The Morgan fingerprint density at radius 1 is 1.20 bits per heavy atom. The van der Waals surface area contributed by atoms with Gasteiger partial charge in [0.1, 0.15) is 5.75 Å². The first-order chi connectivity index (χ1) is 14.5. The number of rotatable bonds is 6. The smallest absolute Gasteiger partial charge is 0.258 e. The fraction of sp³-hybridized carbons (Fsp3) is 0.136. The van der Waals surface area contributed by atoms with Crippen molar-refractivity contribution in [3.63, 3.8) is 0 Å². The molecule has 0 spiro atoms. The topological polar surface area (TPSA) is 72.7 Å². The Morgan fingerprint density at radius 3 is 2.87 bits per heavy atom. The number of methoxy groups -OCH3 is 1. The van der Waals surface area contributed by atoms with E-state index < -0.39 is 0 Å². The summed E-state index contributed by atoms with van der Waals surface area (Å²) in [5, 5.41) is 4.88. The van der Waals surface area contributed by atoms with Gasteiger partial charge in [0.15, 0.2) is 4.96 Å². The van der Waals surface area contributed by atoms with Gasteiger partial charge in [-0.15, -0.1) is 23.1 Å². The molecule has 0 aliphatic heterocycles. The predicted molar refractivity (Wildman–Crippen MR) is 121 cm³/mol. The number of aromatic nitrogens is 2. The molecule has 2 heterocycles. The number of fused-ring (bicyclic) bond motifs is 1. The van der Waals surface area contributed by atoms with Gasteiger partial charge in [-0.1, -0.05) is 18.2 Å². The summed E-state index contributed by atoms with van der Waals surface area (Å²) >= 11 is 2.98. The van der Waals surface area contributed by atoms with Crippen molar-refractivity contribution in [2.24, 2.45) is 0 Å². The highest BCUT2D eigenvalue weighted by molar-refractivity contribution is 7.98. The van der Waals surface area contributed by atoms with Crippen molar-refractivity contribution in [3.05, 3.63) is 87.3 Å². The van der Waals surface area contributed by atoms with Crippen LogP contribution in [0.3, 0.4) is 0 Å². The van der Waals surface area contributed by atoms with E-state index in [2.05, 4.69) is 10.3 Å². The number of benzene rings is 2. The zero-order chi connectivity index (χ0) is 21.1. The number of nitrogens with one attached hydrogen (secondary N) is 1. The van der Waals surface area contributed by atoms with Crippen LogP contribution in [0, 0.1) is 6.92 Å². The second-order valence-corrected chi connectivity index (χ2v) is 8.41. The van der Waals surface area contributed by atoms with Crippen LogP contribution in [0.25, 0.3) is 4.96 Å². The molecule has 0 atom stereocenters. The molecule has 1 N–H and O–H groups in total. The molecule has 0 saturated heterocycles. The number of hydrogen-bond donors (Lipinski definition) is 1. The van der Waals surface area contributed by atoms with Crippen LogP contribution < -0.4 is 15.6 Å². The summed E-state index contributed by atoms with van der Waals surface area (Å²) < 4.78 is 6.80. The molecular formula is C22H19N3O3S2. The van der Waals surface area contributed by atoms with Gasteiger partial charge in [0, 0.05) is 33.4 Å². The second-order valence-electron chi connectivity index (χ2n) is 6.55. The van der Waals surface area contributed by atoms with Gasteiger partial charge in [-0.2, -0.15) is 0 Å². The SMILES string of the molecule is COc1cccc(C(=O)Nc2ccccc2SCc2cc(=O)n3c(C)csc3n2)c1. The molecule has 6 nitrogen and oxygen atoms in total. The monoisotopic (exact) mass is 437 g/mol. The average molecular weight is 438 g/mol. The van der Waals surface area contributed by atoms with Crippen molar-refractivity contribution in [1.82, 2.24) is 9.38 Å². The van der Waals surface area contributed by atoms with Crippen molar-refractivity contribution in [2.45, 2.75) is 17.6 Å². The Balaban J connectivity index is 1.52. The average Bonchev–Trinajstić information content (AvgIpc) is 3.14. The zero-order valence-electron chi connectivity index (χ0n) is 16.4. The summed E-state index contributed by atoms with van der Waals surface area (Å²) in [7, 11) is 1.57. The van der Waals surface area contributed by atoms with Crippen LogP contribution in [0.15, 0.2) is 69.7 Å². The van der Waals surface area contributed by atoms with Gasteiger partial charge in [-0.3, -0.25) is 14.0 Å². The van der Waals surface area contributed by atoms with Crippen molar-refractivity contribution < 1.29 is 9.53 Å². The lowest BCUT2D eigenvalue weighted by Gasteiger charge is -2.11. The Labute approximate surface area is 181 Å². The lowest BCUT2D eigenvalue weighted by Crippen LogP contribution is -2.14. The molecule has 0 radical (unpaired) electrons. The molecule has 4 aromatic rings. The van der Waals surface area contributed by atoms with E-state index >= 15 is 0 Å². The van der Waals surface area contributed by atoms with Crippen LogP contribution in [0.5, 0.6) is 5.75 Å². The van der Waals surface area contributed by atoms with E-state index in [1.807, 2.05) is 36.6 Å². The molecule has 152 valence electrons. The standard InChI is InChI=1S/C22H19N3O3S2/c1-14-12-30-22-23-16(11-20(26)25(14)22)13-29-19-9-4-3-8-18(19)24-21(27)15-6-5-7-17(10-15)28-2/h3-12H,13H2,1-2H3,(H,24,27). The van der Waals surface area contributed by atoms with Gasteiger partial charge in [0.05, 0.1) is 18.5 Å². The van der Waals surface area contributed by atoms with Crippen LogP contribution >= 0.6 is 23.1 Å². The van der Waals surface area contributed by atoms with Crippen LogP contribution in [-0.2, 0) is 5.75 Å². The lowest BCUT2D eigenvalue weighted by molar-refractivity contribution is 0.102. The van der Waals surface area contributed by atoms with Gasteiger partial charge in [0.25, 0.3) is 11.5 Å². The molecule has 2 aromatic heterocycles. The number of nitrogens with zero attached hydrogens (tertiary/aromatic N) is 2. The number of thiazole rings is 1. The summed E-state index contributed by atoms with van der Waals surface area (Å²) in [6.45, 7) is 1.89. The number of carbonyl (C=O) groups is 1. The summed E-state index contributed by atoms with van der Waals surface area (Å²) in [4.78, 5) is 31.2. The third-order valence-corrected chi connectivity index (χ3v) is 6.52. The van der Waals surface area contributed by atoms with Gasteiger partial charge in [-0.25, -0.2) is 4.98 Å². The quantitative estimate of drug-likeness (QED) is 0.446. The largest absolute Gasteiger partial charge is 0.497 e. The van der Waals surface area contributed by atoms with E-state index in [4.69, 9.17) is 4.74 Å². The van der Waals surface area contributed by atoms with E-state index in [-0.39, 0.29) is 11.5 Å². The molecule has 0 aliphatic rings. The van der Waals surface area contributed by atoms with E-state index in [9.17, 15) is 9.59 Å². The number of anilines is 1. The normalized spacial score (nSPS) is 10.9. The van der Waals surface area contributed by atoms with E-state index in [0.29, 0.717) is 33.4 Å². The third kappa shape index (κ3) is 4.24. The highest BCUT2D eigenvalue weighted by Gasteiger charge is 2.12. The molecule has 1 amide bonds. The fourth-order valence-electron chi connectivity index (χ4n) is 2.98. The Morgan fingerprint density at radius 2 is 2.03 bits per heavy atom. The first kappa shape index (κ1) is 20.2. The van der Waals surface area contributed by atoms with Crippen molar-refractivity contribution in [3.8, 4) is 5.75 Å². The summed E-state index contributed by atoms with van der Waals surface area (Å²) in [6.07, 6.45) is 0. The molecule has 0 bridgehead atoms. The van der Waals surface area contributed by atoms with Crippen LogP contribution in [0.1, 0.15) is 21.7 Å². The molecule has 8 heteroatoms. The maximum absolute atomic E-state index is 12.7. The highest BCUT2D eigenvalue weighted by Crippen LogP contribution is 2.30. The zero-order valence-corrected chi connectivity index (χ0v) is 18.0. The summed E-state index contributed by atoms with van der Waals surface area (Å²) in [5.41, 5.74) is 2.74. The Kier molecular flexibility index (Phi) is 5.87. The van der Waals surface area contributed by atoms with Gasteiger partial charge < -0.3 is 10.1 Å². The number of aryl methyl sites for hydroxylation is 1. The molecule has 0 saturated carbocycles. The summed E-state index contributed by atoms with van der Waals surface area (Å²) in [6, 6.07) is 16.2. The Hall–Kier alpha value is -3.10. The fourth-order valence-corrected chi connectivity index (χ4v) is 4.77. The lowest BCUT2D eigenvalue weighted by atomic mass is 10.2. The minimum absolute atomic E-state index is 0.0750. The van der Waals surface area contributed by atoms with Crippen molar-refractivity contribution >= 4 is 39.7 Å². The van der Waals surface area contributed by atoms with E-state index in [1.165, 1.54) is 23.1 Å². The van der Waals surface area contributed by atoms with Gasteiger partial charge >= 0.3 is 0 Å².